The standard InChI is InChI=1S/C15H22ClNO/c1-15(18,13-8-4-2-5-9-13)14(12-16)17-10-6-3-7-11-17/h2,4-5,8-9,14,18H,3,6-7,10-12H2,1H3/t14-,15+/m1/s1. The summed E-state index contributed by atoms with van der Waals surface area (Å²) < 4.78 is 0. The van der Waals surface area contributed by atoms with Crippen LogP contribution in [-0.2, 0) is 5.60 Å². The third-order valence-electron chi connectivity index (χ3n) is 3.98. The maximum absolute atomic E-state index is 10.9. The Morgan fingerprint density at radius 3 is 2.39 bits per heavy atom. The van der Waals surface area contributed by atoms with E-state index in [1.165, 1.54) is 19.3 Å². The fourth-order valence-corrected chi connectivity index (χ4v) is 3.30. The minimum atomic E-state index is -0.889. The van der Waals surface area contributed by atoms with Crippen molar-refractivity contribution >= 4 is 11.6 Å². The van der Waals surface area contributed by atoms with E-state index in [-0.39, 0.29) is 6.04 Å². The fourth-order valence-electron chi connectivity index (χ4n) is 2.80. The molecule has 0 bridgehead atoms. The highest BCUT2D eigenvalue weighted by Crippen LogP contribution is 2.30. The van der Waals surface area contributed by atoms with Crippen LogP contribution in [0.4, 0.5) is 0 Å². The molecule has 100 valence electrons. The molecule has 2 rings (SSSR count). The molecule has 0 amide bonds. The average molecular weight is 268 g/mol. The SMILES string of the molecule is C[C@](O)(c1ccccc1)[C@@H](CCl)N1CCCCC1. The molecule has 3 heteroatoms. The van der Waals surface area contributed by atoms with Crippen molar-refractivity contribution in [1.29, 1.82) is 0 Å². The lowest BCUT2D eigenvalue weighted by Crippen LogP contribution is -2.52. The van der Waals surface area contributed by atoms with Gasteiger partial charge in [0.05, 0.1) is 6.04 Å². The Balaban J connectivity index is 2.19. The van der Waals surface area contributed by atoms with Crippen molar-refractivity contribution in [1.82, 2.24) is 4.90 Å². The average Bonchev–Trinajstić information content (AvgIpc) is 2.41. The Kier molecular flexibility index (Phi) is 4.66. The second-order valence-electron chi connectivity index (χ2n) is 5.28. The fraction of sp³-hybridized carbons (Fsp3) is 0.600. The van der Waals surface area contributed by atoms with E-state index in [1.54, 1.807) is 0 Å². The van der Waals surface area contributed by atoms with Crippen LogP contribution in [0.15, 0.2) is 30.3 Å². The second kappa shape index (κ2) is 6.05. The van der Waals surface area contributed by atoms with Crippen LogP contribution in [-0.4, -0.2) is 35.0 Å². The molecule has 0 aliphatic carbocycles. The molecule has 1 fully saturated rings. The highest BCUT2D eigenvalue weighted by molar-refractivity contribution is 6.18. The highest BCUT2D eigenvalue weighted by Gasteiger charge is 2.37. The van der Waals surface area contributed by atoms with Crippen molar-refractivity contribution < 1.29 is 5.11 Å². The van der Waals surface area contributed by atoms with Crippen molar-refractivity contribution in [3.05, 3.63) is 35.9 Å². The Hall–Kier alpha value is -0.570. The van der Waals surface area contributed by atoms with E-state index in [2.05, 4.69) is 4.90 Å². The van der Waals surface area contributed by atoms with Crippen molar-refractivity contribution in [2.45, 2.75) is 37.8 Å². The molecule has 2 nitrogen and oxygen atoms in total. The van der Waals surface area contributed by atoms with Crippen LogP contribution in [0.2, 0.25) is 0 Å². The highest BCUT2D eigenvalue weighted by atomic mass is 35.5. The van der Waals surface area contributed by atoms with Crippen LogP contribution >= 0.6 is 11.6 Å². The van der Waals surface area contributed by atoms with Gasteiger partial charge in [-0.2, -0.15) is 0 Å². The molecule has 18 heavy (non-hydrogen) atoms. The molecule has 1 aliphatic rings. The van der Waals surface area contributed by atoms with Gasteiger partial charge in [0.2, 0.25) is 0 Å². The zero-order valence-electron chi connectivity index (χ0n) is 11.0. The second-order valence-corrected chi connectivity index (χ2v) is 5.59. The largest absolute Gasteiger partial charge is 0.384 e. The number of piperidine rings is 1. The summed E-state index contributed by atoms with van der Waals surface area (Å²) in [4.78, 5) is 2.34. The van der Waals surface area contributed by atoms with Gasteiger partial charge in [0.1, 0.15) is 5.60 Å². The summed E-state index contributed by atoms with van der Waals surface area (Å²) in [5.41, 5.74) is 0.0570. The molecule has 1 aromatic carbocycles. The van der Waals surface area contributed by atoms with Crippen LogP contribution in [0.3, 0.4) is 0 Å². The molecule has 0 aromatic heterocycles. The maximum atomic E-state index is 10.9. The summed E-state index contributed by atoms with van der Waals surface area (Å²) >= 11 is 6.13. The van der Waals surface area contributed by atoms with Gasteiger partial charge in [-0.1, -0.05) is 36.8 Å². The van der Waals surface area contributed by atoms with Crippen molar-refractivity contribution in [3.8, 4) is 0 Å². The molecule has 0 radical (unpaired) electrons. The van der Waals surface area contributed by atoms with Crippen molar-refractivity contribution in [3.63, 3.8) is 0 Å². The van der Waals surface area contributed by atoms with E-state index in [0.717, 1.165) is 18.7 Å². The molecular weight excluding hydrogens is 246 g/mol. The van der Waals surface area contributed by atoms with Gasteiger partial charge in [-0.05, 0) is 38.4 Å². The van der Waals surface area contributed by atoms with Gasteiger partial charge in [-0.15, -0.1) is 11.6 Å². The lowest BCUT2D eigenvalue weighted by atomic mass is 9.87. The first-order valence-corrected chi connectivity index (χ1v) is 7.27. The number of rotatable bonds is 4. The first-order chi connectivity index (χ1) is 8.66. The van der Waals surface area contributed by atoms with E-state index in [0.29, 0.717) is 5.88 Å². The Morgan fingerprint density at radius 2 is 1.83 bits per heavy atom. The van der Waals surface area contributed by atoms with E-state index in [1.807, 2.05) is 37.3 Å². The molecule has 0 spiro atoms. The summed E-state index contributed by atoms with van der Waals surface area (Å²) in [7, 11) is 0. The quantitative estimate of drug-likeness (QED) is 0.848. The zero-order valence-corrected chi connectivity index (χ0v) is 11.7. The predicted octanol–water partition coefficient (Wildman–Crippen LogP) is 2.99. The third-order valence-corrected chi connectivity index (χ3v) is 4.28. The van der Waals surface area contributed by atoms with E-state index >= 15 is 0 Å². The normalized spacial score (nSPS) is 22.4. The van der Waals surface area contributed by atoms with E-state index in [4.69, 9.17) is 11.6 Å². The number of likely N-dealkylation sites (tertiary alicyclic amines) is 1. The number of alkyl halides is 1. The van der Waals surface area contributed by atoms with Gasteiger partial charge in [0, 0.05) is 5.88 Å². The Bertz CT molecular complexity index is 360. The predicted molar refractivity (Wildman–Crippen MR) is 75.9 cm³/mol. The minimum Gasteiger partial charge on any atom is -0.384 e. The lowest BCUT2D eigenvalue weighted by Gasteiger charge is -2.42. The Labute approximate surface area is 115 Å². The van der Waals surface area contributed by atoms with Gasteiger partial charge in [0.25, 0.3) is 0 Å². The summed E-state index contributed by atoms with van der Waals surface area (Å²) in [5, 5.41) is 10.9. The van der Waals surface area contributed by atoms with Crippen molar-refractivity contribution in [2.24, 2.45) is 0 Å². The smallest absolute Gasteiger partial charge is 0.103 e. The molecule has 1 aliphatic heterocycles. The number of nitrogens with zero attached hydrogens (tertiary/aromatic N) is 1. The van der Waals surface area contributed by atoms with Crippen molar-refractivity contribution in [2.75, 3.05) is 19.0 Å². The van der Waals surface area contributed by atoms with Crippen LogP contribution in [0.1, 0.15) is 31.7 Å². The van der Waals surface area contributed by atoms with Gasteiger partial charge in [-0.25, -0.2) is 0 Å². The number of hydrogen-bond donors (Lipinski definition) is 1. The molecule has 1 aromatic rings. The van der Waals surface area contributed by atoms with Gasteiger partial charge in [-0.3, -0.25) is 4.90 Å². The molecule has 1 saturated heterocycles. The monoisotopic (exact) mass is 267 g/mol. The lowest BCUT2D eigenvalue weighted by molar-refractivity contribution is -0.0352. The summed E-state index contributed by atoms with van der Waals surface area (Å²) in [6, 6.07) is 9.83. The van der Waals surface area contributed by atoms with Gasteiger partial charge in [0.15, 0.2) is 0 Å². The summed E-state index contributed by atoms with van der Waals surface area (Å²) in [6.07, 6.45) is 3.70. The number of aliphatic hydroxyl groups is 1. The van der Waals surface area contributed by atoms with Crippen LogP contribution < -0.4 is 0 Å². The molecule has 1 N–H and O–H groups in total. The first kappa shape index (κ1) is 13.9. The van der Waals surface area contributed by atoms with E-state index in [9.17, 15) is 5.11 Å². The Morgan fingerprint density at radius 1 is 1.22 bits per heavy atom. The zero-order chi connectivity index (χ0) is 13.0. The van der Waals surface area contributed by atoms with Gasteiger partial charge < -0.3 is 5.11 Å². The minimum absolute atomic E-state index is 0.0122. The van der Waals surface area contributed by atoms with E-state index < -0.39 is 5.60 Å². The summed E-state index contributed by atoms with van der Waals surface area (Å²) in [6.45, 7) is 3.96. The third kappa shape index (κ3) is 2.87. The number of benzene rings is 1. The van der Waals surface area contributed by atoms with Crippen LogP contribution in [0.25, 0.3) is 0 Å². The molecule has 0 unspecified atom stereocenters. The topological polar surface area (TPSA) is 23.5 Å². The number of hydrogen-bond acceptors (Lipinski definition) is 2. The number of halogens is 1. The van der Waals surface area contributed by atoms with Crippen LogP contribution in [0, 0.1) is 0 Å². The molecule has 1 heterocycles. The maximum Gasteiger partial charge on any atom is 0.103 e. The molecular formula is C15H22ClNO. The molecule has 0 saturated carbocycles. The van der Waals surface area contributed by atoms with Gasteiger partial charge >= 0.3 is 0 Å². The molecule has 2 atom stereocenters. The van der Waals surface area contributed by atoms with Crippen LogP contribution in [0.5, 0.6) is 0 Å². The summed E-state index contributed by atoms with van der Waals surface area (Å²) in [5.74, 6) is 0.460. The first-order valence-electron chi connectivity index (χ1n) is 6.74.